The predicted molar refractivity (Wildman–Crippen MR) is 86.1 cm³/mol. The fourth-order valence-corrected chi connectivity index (χ4v) is 2.65. The smallest absolute Gasteiger partial charge is 0.243 e. The van der Waals surface area contributed by atoms with Gasteiger partial charge in [-0.15, -0.1) is 0 Å². The van der Waals surface area contributed by atoms with Gasteiger partial charge in [0.1, 0.15) is 11.7 Å². The third kappa shape index (κ3) is 2.42. The molecule has 0 bridgehead atoms. The average molecular weight is 321 g/mol. The Bertz CT molecular complexity index is 978. The van der Waals surface area contributed by atoms with Gasteiger partial charge in [-0.1, -0.05) is 28.9 Å². The number of benzene rings is 2. The predicted octanol–water partition coefficient (Wildman–Crippen LogP) is 3.87. The minimum atomic E-state index is -0.801. The number of hydrogen-bond donors (Lipinski definition) is 0. The summed E-state index contributed by atoms with van der Waals surface area (Å²) >= 11 is 0. The molecule has 1 aromatic heterocycles. The van der Waals surface area contributed by atoms with Gasteiger partial charge in [-0.05, 0) is 31.2 Å². The number of halogens is 1. The van der Waals surface area contributed by atoms with Gasteiger partial charge in [0, 0.05) is 17.3 Å². The first kappa shape index (κ1) is 14.4. The fourth-order valence-electron chi connectivity index (χ4n) is 2.65. The molecule has 1 aliphatic heterocycles. The van der Waals surface area contributed by atoms with Crippen LogP contribution in [-0.4, -0.2) is 22.1 Å². The molecule has 2 heterocycles. The van der Waals surface area contributed by atoms with E-state index in [4.69, 9.17) is 4.52 Å². The summed E-state index contributed by atoms with van der Waals surface area (Å²) in [6.07, 6.45) is 1.45. The number of rotatable bonds is 2. The minimum absolute atomic E-state index is 0.148. The van der Waals surface area contributed by atoms with Crippen molar-refractivity contribution < 1.29 is 13.7 Å². The SMILES string of the molecule is Cc1cccc(-c2noc(C3C=Nc4ccc(F)cc4C3=O)n2)c1. The number of carbonyl (C=O) groups is 1. The first-order valence-corrected chi connectivity index (χ1v) is 7.40. The third-order valence-corrected chi connectivity index (χ3v) is 3.85. The lowest BCUT2D eigenvalue weighted by atomic mass is 9.94. The Labute approximate surface area is 136 Å². The maximum atomic E-state index is 13.4. The number of aromatic nitrogens is 2. The highest BCUT2D eigenvalue weighted by molar-refractivity contribution is 6.15. The van der Waals surface area contributed by atoms with Crippen molar-refractivity contribution in [1.29, 1.82) is 0 Å². The van der Waals surface area contributed by atoms with Crippen molar-refractivity contribution in [2.45, 2.75) is 12.8 Å². The lowest BCUT2D eigenvalue weighted by Gasteiger charge is -2.14. The summed E-state index contributed by atoms with van der Waals surface area (Å²) < 4.78 is 18.7. The summed E-state index contributed by atoms with van der Waals surface area (Å²) in [6, 6.07) is 11.6. The highest BCUT2D eigenvalue weighted by atomic mass is 19.1. The van der Waals surface area contributed by atoms with Crippen LogP contribution in [0.15, 0.2) is 52.0 Å². The normalized spacial score (nSPS) is 16.2. The van der Waals surface area contributed by atoms with Gasteiger partial charge in [-0.25, -0.2) is 4.39 Å². The van der Waals surface area contributed by atoms with E-state index in [1.54, 1.807) is 0 Å². The molecule has 0 aliphatic carbocycles. The zero-order chi connectivity index (χ0) is 16.7. The first-order chi connectivity index (χ1) is 11.6. The molecule has 0 amide bonds. The molecule has 3 aromatic rings. The molecule has 0 N–H and O–H groups in total. The van der Waals surface area contributed by atoms with Crippen LogP contribution < -0.4 is 0 Å². The van der Waals surface area contributed by atoms with Crippen LogP contribution in [0, 0.1) is 12.7 Å². The minimum Gasteiger partial charge on any atom is -0.338 e. The highest BCUT2D eigenvalue weighted by Crippen LogP contribution is 2.31. The van der Waals surface area contributed by atoms with Crippen LogP contribution in [0.3, 0.4) is 0 Å². The Balaban J connectivity index is 1.70. The van der Waals surface area contributed by atoms with Gasteiger partial charge in [-0.2, -0.15) is 4.98 Å². The number of aliphatic imine (C=N–C) groups is 1. The quantitative estimate of drug-likeness (QED) is 0.718. The zero-order valence-electron chi connectivity index (χ0n) is 12.7. The molecule has 0 fully saturated rings. The molecule has 1 unspecified atom stereocenters. The number of ketones is 1. The van der Waals surface area contributed by atoms with Crippen molar-refractivity contribution in [3.05, 3.63) is 65.3 Å². The van der Waals surface area contributed by atoms with Crippen LogP contribution in [-0.2, 0) is 0 Å². The van der Waals surface area contributed by atoms with Crippen LogP contribution in [0.2, 0.25) is 0 Å². The molecule has 0 radical (unpaired) electrons. The van der Waals surface area contributed by atoms with Gasteiger partial charge < -0.3 is 4.52 Å². The van der Waals surface area contributed by atoms with E-state index >= 15 is 0 Å². The number of Topliss-reactive ketones (excluding diaryl/α,β-unsaturated/α-hetero) is 1. The molecule has 6 heteroatoms. The molecule has 0 spiro atoms. The van der Waals surface area contributed by atoms with Crippen molar-refractivity contribution in [2.75, 3.05) is 0 Å². The van der Waals surface area contributed by atoms with Crippen LogP contribution in [0.25, 0.3) is 11.4 Å². The Hall–Kier alpha value is -3.15. The summed E-state index contributed by atoms with van der Waals surface area (Å²) in [5.41, 5.74) is 2.53. The second kappa shape index (κ2) is 5.49. The molecule has 118 valence electrons. The van der Waals surface area contributed by atoms with E-state index in [1.807, 2.05) is 31.2 Å². The second-order valence-electron chi connectivity index (χ2n) is 5.61. The van der Waals surface area contributed by atoms with Crippen LogP contribution in [0.1, 0.15) is 27.7 Å². The number of nitrogens with zero attached hydrogens (tertiary/aromatic N) is 3. The Morgan fingerprint density at radius 3 is 2.88 bits per heavy atom. The molecular weight excluding hydrogens is 309 g/mol. The summed E-state index contributed by atoms with van der Waals surface area (Å²) in [5.74, 6) is -1.04. The summed E-state index contributed by atoms with van der Waals surface area (Å²) in [4.78, 5) is 21.1. The number of carbonyl (C=O) groups excluding carboxylic acids is 1. The zero-order valence-corrected chi connectivity index (χ0v) is 12.7. The molecule has 0 saturated carbocycles. The van der Waals surface area contributed by atoms with E-state index in [0.717, 1.165) is 11.1 Å². The molecule has 4 rings (SSSR count). The second-order valence-corrected chi connectivity index (χ2v) is 5.61. The van der Waals surface area contributed by atoms with Gasteiger partial charge in [0.25, 0.3) is 0 Å². The average Bonchev–Trinajstić information content (AvgIpc) is 3.05. The van der Waals surface area contributed by atoms with Crippen molar-refractivity contribution in [3.8, 4) is 11.4 Å². The molecule has 1 atom stereocenters. The molecule has 5 nitrogen and oxygen atoms in total. The molecular formula is C18H12FN3O2. The van der Waals surface area contributed by atoms with Crippen LogP contribution in [0.4, 0.5) is 10.1 Å². The largest absolute Gasteiger partial charge is 0.338 e. The number of aryl methyl sites for hydroxylation is 1. The van der Waals surface area contributed by atoms with Crippen molar-refractivity contribution in [2.24, 2.45) is 4.99 Å². The van der Waals surface area contributed by atoms with Gasteiger partial charge >= 0.3 is 0 Å². The Morgan fingerprint density at radius 2 is 2.04 bits per heavy atom. The number of hydrogen-bond acceptors (Lipinski definition) is 5. The van der Waals surface area contributed by atoms with Crippen molar-refractivity contribution in [1.82, 2.24) is 10.1 Å². The molecule has 24 heavy (non-hydrogen) atoms. The topological polar surface area (TPSA) is 68.3 Å². The van der Waals surface area contributed by atoms with Gasteiger partial charge in [0.15, 0.2) is 5.78 Å². The summed E-state index contributed by atoms with van der Waals surface area (Å²) in [6.45, 7) is 1.97. The monoisotopic (exact) mass is 321 g/mol. The maximum absolute atomic E-state index is 13.4. The number of fused-ring (bicyclic) bond motifs is 1. The summed E-state index contributed by atoms with van der Waals surface area (Å²) in [5, 5.41) is 3.94. The van der Waals surface area contributed by atoms with E-state index < -0.39 is 11.7 Å². The van der Waals surface area contributed by atoms with E-state index in [9.17, 15) is 9.18 Å². The van der Waals surface area contributed by atoms with Crippen molar-refractivity contribution in [3.63, 3.8) is 0 Å². The van der Waals surface area contributed by atoms with Crippen molar-refractivity contribution >= 4 is 17.7 Å². The molecule has 1 aliphatic rings. The van der Waals surface area contributed by atoms with E-state index in [-0.39, 0.29) is 17.2 Å². The summed E-state index contributed by atoms with van der Waals surface area (Å²) in [7, 11) is 0. The lowest BCUT2D eigenvalue weighted by Crippen LogP contribution is -2.18. The van der Waals surface area contributed by atoms with E-state index in [0.29, 0.717) is 11.5 Å². The fraction of sp³-hybridized carbons (Fsp3) is 0.111. The van der Waals surface area contributed by atoms with Gasteiger partial charge in [0.05, 0.1) is 5.69 Å². The highest BCUT2D eigenvalue weighted by Gasteiger charge is 2.31. The van der Waals surface area contributed by atoms with E-state index in [1.165, 1.54) is 24.4 Å². The van der Waals surface area contributed by atoms with Crippen LogP contribution in [0.5, 0.6) is 0 Å². The first-order valence-electron chi connectivity index (χ1n) is 7.40. The maximum Gasteiger partial charge on any atom is 0.243 e. The Kier molecular flexibility index (Phi) is 3.30. The van der Waals surface area contributed by atoms with Crippen LogP contribution >= 0.6 is 0 Å². The molecule has 2 aromatic carbocycles. The van der Waals surface area contributed by atoms with Gasteiger partial charge in [0.2, 0.25) is 11.7 Å². The standard InChI is InChI=1S/C18H12FN3O2/c1-10-3-2-4-11(7-10)17-21-18(24-22-17)14-9-20-15-6-5-12(19)8-13(15)16(14)23/h2-9,14H,1H3. The van der Waals surface area contributed by atoms with Gasteiger partial charge in [-0.3, -0.25) is 9.79 Å². The van der Waals surface area contributed by atoms with E-state index in [2.05, 4.69) is 15.1 Å². The molecule has 0 saturated heterocycles. The third-order valence-electron chi connectivity index (χ3n) is 3.85. The Morgan fingerprint density at radius 1 is 1.17 bits per heavy atom. The lowest BCUT2D eigenvalue weighted by molar-refractivity contribution is 0.0971.